The van der Waals surface area contributed by atoms with E-state index in [9.17, 15) is 0 Å². The van der Waals surface area contributed by atoms with Crippen LogP contribution in [0.5, 0.6) is 0 Å². The highest BCUT2D eigenvalue weighted by Crippen LogP contribution is 2.20. The molecule has 1 aromatic heterocycles. The van der Waals surface area contributed by atoms with Crippen molar-refractivity contribution in [2.75, 3.05) is 13.1 Å². The van der Waals surface area contributed by atoms with E-state index in [0.717, 1.165) is 41.8 Å². The summed E-state index contributed by atoms with van der Waals surface area (Å²) in [4.78, 5) is 6.63. The van der Waals surface area contributed by atoms with Gasteiger partial charge in [0.1, 0.15) is 9.34 Å². The second-order valence-electron chi connectivity index (χ2n) is 3.67. The summed E-state index contributed by atoms with van der Waals surface area (Å²) in [5.41, 5.74) is 5.83. The number of aromatic nitrogens is 1. The Morgan fingerprint density at radius 1 is 1.57 bits per heavy atom. The Kier molecular flexibility index (Phi) is 3.38. The lowest BCUT2D eigenvalue weighted by atomic mass is 10.1. The molecule has 2 rings (SSSR count). The van der Waals surface area contributed by atoms with Gasteiger partial charge in [-0.05, 0) is 12.8 Å². The van der Waals surface area contributed by atoms with E-state index in [1.807, 2.05) is 0 Å². The zero-order chi connectivity index (χ0) is 9.97. The largest absolute Gasteiger partial charge is 0.328 e. The van der Waals surface area contributed by atoms with E-state index < -0.39 is 0 Å². The van der Waals surface area contributed by atoms with Crippen LogP contribution in [0.1, 0.15) is 17.8 Å². The molecule has 5 heteroatoms. The van der Waals surface area contributed by atoms with Crippen molar-refractivity contribution < 1.29 is 0 Å². The fourth-order valence-electron chi connectivity index (χ4n) is 1.66. The molecule has 3 nitrogen and oxygen atoms in total. The first kappa shape index (κ1) is 10.4. The van der Waals surface area contributed by atoms with Crippen LogP contribution >= 0.6 is 22.9 Å². The van der Waals surface area contributed by atoms with Gasteiger partial charge >= 0.3 is 0 Å². The molecule has 0 aromatic carbocycles. The number of thiazole rings is 1. The Bertz CT molecular complexity index is 294. The van der Waals surface area contributed by atoms with Gasteiger partial charge < -0.3 is 5.73 Å². The maximum absolute atomic E-state index is 5.83. The summed E-state index contributed by atoms with van der Waals surface area (Å²) in [5, 5.41) is 1.10. The maximum atomic E-state index is 5.83. The molecule has 2 heterocycles. The molecule has 0 unspecified atom stereocenters. The van der Waals surface area contributed by atoms with Crippen molar-refractivity contribution in [3.8, 4) is 0 Å². The Balaban J connectivity index is 1.86. The number of nitrogens with zero attached hydrogens (tertiary/aromatic N) is 2. The fraction of sp³-hybridized carbons (Fsp3) is 0.667. The van der Waals surface area contributed by atoms with E-state index in [0.29, 0.717) is 6.04 Å². The molecule has 1 saturated heterocycles. The minimum atomic E-state index is 0.395. The molecule has 0 saturated carbocycles. The van der Waals surface area contributed by atoms with E-state index in [4.69, 9.17) is 17.3 Å². The van der Waals surface area contributed by atoms with Crippen molar-refractivity contribution in [2.45, 2.75) is 25.4 Å². The summed E-state index contributed by atoms with van der Waals surface area (Å²) in [7, 11) is 0. The molecule has 0 aliphatic carbocycles. The molecule has 1 aromatic rings. The van der Waals surface area contributed by atoms with Crippen LogP contribution in [0, 0.1) is 0 Å². The highest BCUT2D eigenvalue weighted by molar-refractivity contribution is 7.15. The quantitative estimate of drug-likeness (QED) is 0.843. The van der Waals surface area contributed by atoms with Crippen molar-refractivity contribution in [3.05, 3.63) is 15.5 Å². The van der Waals surface area contributed by atoms with Crippen molar-refractivity contribution in [2.24, 2.45) is 5.73 Å². The predicted molar refractivity (Wildman–Crippen MR) is 59.6 cm³/mol. The lowest BCUT2D eigenvalue weighted by Crippen LogP contribution is -2.39. The number of nitrogens with two attached hydrogens (primary N) is 1. The van der Waals surface area contributed by atoms with Crippen LogP contribution in [-0.2, 0) is 6.54 Å². The molecule has 0 amide bonds. The predicted octanol–water partition coefficient (Wildman–Crippen LogP) is 1.72. The van der Waals surface area contributed by atoms with Gasteiger partial charge in [-0.2, -0.15) is 0 Å². The third-order valence-electron chi connectivity index (χ3n) is 2.52. The fourth-order valence-corrected chi connectivity index (χ4v) is 2.66. The number of hydrogen-bond acceptors (Lipinski definition) is 4. The normalized spacial score (nSPS) is 20.1. The van der Waals surface area contributed by atoms with Gasteiger partial charge in [0.25, 0.3) is 0 Å². The molecule has 2 N–H and O–H groups in total. The maximum Gasteiger partial charge on any atom is 0.113 e. The molecular formula is C9H14ClN3S. The summed E-state index contributed by atoms with van der Waals surface area (Å²) < 4.78 is 0.772. The van der Waals surface area contributed by atoms with E-state index in [2.05, 4.69) is 9.88 Å². The molecule has 1 aliphatic heterocycles. The number of piperidine rings is 1. The molecule has 14 heavy (non-hydrogen) atoms. The highest BCUT2D eigenvalue weighted by Gasteiger charge is 2.16. The van der Waals surface area contributed by atoms with Crippen molar-refractivity contribution >= 4 is 22.9 Å². The van der Waals surface area contributed by atoms with E-state index in [1.54, 1.807) is 17.5 Å². The third-order valence-corrected chi connectivity index (χ3v) is 3.62. The Hall–Kier alpha value is -0.160. The van der Waals surface area contributed by atoms with E-state index >= 15 is 0 Å². The summed E-state index contributed by atoms with van der Waals surface area (Å²) in [6, 6.07) is 0.395. The van der Waals surface area contributed by atoms with Gasteiger partial charge in [-0.15, -0.1) is 11.3 Å². The van der Waals surface area contributed by atoms with Gasteiger partial charge in [0.2, 0.25) is 0 Å². The summed E-state index contributed by atoms with van der Waals surface area (Å²) >= 11 is 7.38. The number of likely N-dealkylation sites (tertiary alicyclic amines) is 1. The molecule has 1 fully saturated rings. The summed E-state index contributed by atoms with van der Waals surface area (Å²) in [6.07, 6.45) is 3.91. The molecule has 0 atom stereocenters. The lowest BCUT2D eigenvalue weighted by Gasteiger charge is -2.29. The van der Waals surface area contributed by atoms with Crippen LogP contribution in [-0.4, -0.2) is 29.0 Å². The van der Waals surface area contributed by atoms with Crippen LogP contribution < -0.4 is 5.73 Å². The first-order valence-electron chi connectivity index (χ1n) is 4.82. The van der Waals surface area contributed by atoms with Gasteiger partial charge in [0, 0.05) is 19.1 Å². The topological polar surface area (TPSA) is 42.1 Å². The Labute approximate surface area is 92.9 Å². The average Bonchev–Trinajstić information content (AvgIpc) is 2.56. The van der Waals surface area contributed by atoms with Crippen molar-refractivity contribution in [1.82, 2.24) is 9.88 Å². The summed E-state index contributed by atoms with van der Waals surface area (Å²) in [5.74, 6) is 0. The summed E-state index contributed by atoms with van der Waals surface area (Å²) in [6.45, 7) is 3.08. The van der Waals surface area contributed by atoms with Crippen LogP contribution in [0.3, 0.4) is 0 Å². The van der Waals surface area contributed by atoms with Gasteiger partial charge in [0.15, 0.2) is 0 Å². The van der Waals surface area contributed by atoms with E-state index in [1.165, 1.54) is 0 Å². The van der Waals surface area contributed by atoms with Crippen LogP contribution in [0.25, 0.3) is 0 Å². The number of rotatable bonds is 2. The molecular weight excluding hydrogens is 218 g/mol. The van der Waals surface area contributed by atoms with Gasteiger partial charge in [-0.3, -0.25) is 4.90 Å². The molecule has 0 radical (unpaired) electrons. The van der Waals surface area contributed by atoms with Gasteiger partial charge in [0.05, 0.1) is 12.7 Å². The zero-order valence-corrected chi connectivity index (χ0v) is 9.52. The molecule has 0 bridgehead atoms. The Morgan fingerprint density at radius 3 is 2.86 bits per heavy atom. The third kappa shape index (κ3) is 2.67. The number of hydrogen-bond donors (Lipinski definition) is 1. The first-order valence-corrected chi connectivity index (χ1v) is 6.01. The second kappa shape index (κ2) is 4.57. The Morgan fingerprint density at radius 2 is 2.29 bits per heavy atom. The zero-order valence-electron chi connectivity index (χ0n) is 7.95. The smallest absolute Gasteiger partial charge is 0.113 e. The first-order chi connectivity index (χ1) is 6.74. The second-order valence-corrected chi connectivity index (χ2v) is 5.42. The minimum Gasteiger partial charge on any atom is -0.328 e. The van der Waals surface area contributed by atoms with Crippen LogP contribution in [0.4, 0.5) is 0 Å². The molecule has 78 valence electrons. The average molecular weight is 232 g/mol. The monoisotopic (exact) mass is 231 g/mol. The van der Waals surface area contributed by atoms with E-state index in [-0.39, 0.29) is 0 Å². The van der Waals surface area contributed by atoms with Gasteiger partial charge in [-0.1, -0.05) is 11.6 Å². The van der Waals surface area contributed by atoms with Crippen LogP contribution in [0.2, 0.25) is 4.34 Å². The molecule has 1 aliphatic rings. The molecule has 0 spiro atoms. The number of halogens is 1. The van der Waals surface area contributed by atoms with Crippen LogP contribution in [0.15, 0.2) is 6.20 Å². The minimum absolute atomic E-state index is 0.395. The van der Waals surface area contributed by atoms with Gasteiger partial charge in [-0.25, -0.2) is 4.98 Å². The SMILES string of the molecule is NC1CCN(Cc2ncc(Cl)s2)CC1. The van der Waals surface area contributed by atoms with Crippen molar-refractivity contribution in [3.63, 3.8) is 0 Å². The standard InChI is InChI=1S/C9H14ClN3S/c10-8-5-12-9(14-8)6-13-3-1-7(11)2-4-13/h5,7H,1-4,6,11H2. The highest BCUT2D eigenvalue weighted by atomic mass is 35.5. The van der Waals surface area contributed by atoms with Crippen molar-refractivity contribution in [1.29, 1.82) is 0 Å². The lowest BCUT2D eigenvalue weighted by molar-refractivity contribution is 0.205.